The molecule has 1 atom stereocenters. The van der Waals surface area contributed by atoms with Gasteiger partial charge in [0.25, 0.3) is 0 Å². The summed E-state index contributed by atoms with van der Waals surface area (Å²) in [4.78, 5) is 29.7. The lowest BCUT2D eigenvalue weighted by Gasteiger charge is -2.44. The zero-order valence-corrected chi connectivity index (χ0v) is 18.6. The summed E-state index contributed by atoms with van der Waals surface area (Å²) in [5.74, 6) is -0.0189. The number of unbranched alkanes of at least 4 members (excludes halogenated alkanes) is 1. The van der Waals surface area contributed by atoms with E-state index in [9.17, 15) is 9.59 Å². The van der Waals surface area contributed by atoms with Crippen LogP contribution in [0.3, 0.4) is 0 Å². The lowest BCUT2D eigenvalue weighted by molar-refractivity contribution is -0.118. The van der Waals surface area contributed by atoms with Crippen molar-refractivity contribution < 1.29 is 9.59 Å². The molecule has 0 saturated carbocycles. The fourth-order valence-electron chi connectivity index (χ4n) is 5.54. The molecular weight excluding hydrogens is 382 g/mol. The molecule has 158 valence electrons. The van der Waals surface area contributed by atoms with Gasteiger partial charge in [0, 0.05) is 46.9 Å². The number of rotatable bonds is 4. The second-order valence-electron chi connectivity index (χ2n) is 9.79. The number of hydrogen-bond acceptors (Lipinski definition) is 3. The quantitative estimate of drug-likeness (QED) is 0.607. The third-order valence-corrected chi connectivity index (χ3v) is 6.86. The molecule has 3 nitrogen and oxygen atoms in total. The zero-order valence-electron chi connectivity index (χ0n) is 18.6. The Bertz CT molecular complexity index is 1140. The Morgan fingerprint density at radius 2 is 1.58 bits per heavy atom. The molecule has 0 unspecified atom stereocenters. The minimum absolute atomic E-state index is 0.0742. The van der Waals surface area contributed by atoms with Crippen LogP contribution in [0.5, 0.6) is 0 Å². The molecule has 0 spiro atoms. The normalized spacial score (nSPS) is 21.9. The minimum Gasteiger partial charge on any atom is -0.344 e. The van der Waals surface area contributed by atoms with Crippen LogP contribution >= 0.6 is 0 Å². The number of allylic oxidation sites excluding steroid dienone is 3. The second-order valence-corrected chi connectivity index (χ2v) is 9.79. The summed E-state index contributed by atoms with van der Waals surface area (Å²) in [6.07, 6.45) is 3.47. The number of nitrogens with zero attached hydrogens (tertiary/aromatic N) is 1. The predicted molar refractivity (Wildman–Crippen MR) is 124 cm³/mol. The molecule has 0 aromatic heterocycles. The average molecular weight is 412 g/mol. The Hall–Kier alpha value is -2.94. The highest BCUT2D eigenvalue weighted by atomic mass is 16.1. The van der Waals surface area contributed by atoms with Crippen molar-refractivity contribution in [2.24, 2.45) is 5.41 Å². The van der Waals surface area contributed by atoms with Crippen LogP contribution in [0, 0.1) is 5.41 Å². The van der Waals surface area contributed by atoms with E-state index in [0.717, 1.165) is 65.0 Å². The van der Waals surface area contributed by atoms with E-state index in [4.69, 9.17) is 0 Å². The number of hydrogen-bond donors (Lipinski definition) is 0. The molecule has 0 bridgehead atoms. The number of carbonyl (C=O) groups is 2. The van der Waals surface area contributed by atoms with Crippen molar-refractivity contribution in [3.05, 3.63) is 88.1 Å². The fraction of sp³-hybridized carbons (Fsp3) is 0.357. The second kappa shape index (κ2) is 7.33. The first-order valence-electron chi connectivity index (χ1n) is 11.4. The van der Waals surface area contributed by atoms with Gasteiger partial charge in [-0.25, -0.2) is 0 Å². The summed E-state index contributed by atoms with van der Waals surface area (Å²) in [7, 11) is 0. The van der Waals surface area contributed by atoms with Gasteiger partial charge in [-0.05, 0) is 23.8 Å². The van der Waals surface area contributed by atoms with Gasteiger partial charge in [0.15, 0.2) is 11.6 Å². The van der Waals surface area contributed by atoms with Crippen LogP contribution in [-0.2, 0) is 4.79 Å². The number of benzene rings is 2. The summed E-state index contributed by atoms with van der Waals surface area (Å²) in [6, 6.07) is 18.1. The maximum absolute atomic E-state index is 13.7. The first-order valence-corrected chi connectivity index (χ1v) is 11.4. The largest absolute Gasteiger partial charge is 0.344 e. The molecule has 31 heavy (non-hydrogen) atoms. The summed E-state index contributed by atoms with van der Waals surface area (Å²) in [5.41, 5.74) is 6.54. The molecule has 2 aliphatic carbocycles. The summed E-state index contributed by atoms with van der Waals surface area (Å²) < 4.78 is 0. The fourth-order valence-corrected chi connectivity index (χ4v) is 5.54. The maximum Gasteiger partial charge on any atom is 0.192 e. The van der Waals surface area contributed by atoms with Gasteiger partial charge in [-0.2, -0.15) is 0 Å². The molecule has 5 rings (SSSR count). The van der Waals surface area contributed by atoms with E-state index in [0.29, 0.717) is 6.42 Å². The highest BCUT2D eigenvalue weighted by Gasteiger charge is 2.48. The Kier molecular flexibility index (Phi) is 4.73. The Morgan fingerprint density at radius 3 is 2.29 bits per heavy atom. The van der Waals surface area contributed by atoms with Crippen molar-refractivity contribution in [3.8, 4) is 0 Å². The van der Waals surface area contributed by atoms with Crippen molar-refractivity contribution in [2.45, 2.75) is 52.4 Å². The third kappa shape index (κ3) is 3.10. The van der Waals surface area contributed by atoms with Crippen LogP contribution in [0.15, 0.2) is 71.4 Å². The van der Waals surface area contributed by atoms with Crippen molar-refractivity contribution in [1.29, 1.82) is 0 Å². The van der Waals surface area contributed by atoms with Crippen molar-refractivity contribution in [2.75, 3.05) is 6.54 Å². The van der Waals surface area contributed by atoms with Gasteiger partial charge >= 0.3 is 0 Å². The van der Waals surface area contributed by atoms with Crippen molar-refractivity contribution in [3.63, 3.8) is 0 Å². The number of carbonyl (C=O) groups excluding carboxylic acids is 2. The first kappa shape index (κ1) is 20.0. The van der Waals surface area contributed by atoms with Crippen LogP contribution in [0.1, 0.15) is 73.9 Å². The van der Waals surface area contributed by atoms with Gasteiger partial charge in [0.1, 0.15) is 0 Å². The van der Waals surface area contributed by atoms with Gasteiger partial charge in [-0.1, -0.05) is 81.8 Å². The first-order chi connectivity index (χ1) is 14.9. The standard InChI is InChI=1S/C28H29NO2/c1-4-5-15-29-21-16-28(2,3)17-22(30)24(21)23(18-11-7-6-8-12-18)25-26(29)19-13-9-10-14-20(19)27(25)31/h6-14,23H,4-5,15-17H2,1-3H3/t23-/m1/s1. The van der Waals surface area contributed by atoms with Crippen LogP contribution in [0.2, 0.25) is 0 Å². The Labute approximate surface area is 184 Å². The van der Waals surface area contributed by atoms with Gasteiger partial charge in [0.2, 0.25) is 0 Å². The molecule has 3 heteroatoms. The molecule has 1 heterocycles. The van der Waals surface area contributed by atoms with E-state index >= 15 is 0 Å². The number of Topliss-reactive ketones (excluding diaryl/α,β-unsaturated/α-hetero) is 2. The smallest absolute Gasteiger partial charge is 0.192 e. The van der Waals surface area contributed by atoms with E-state index in [2.05, 4.69) is 43.9 Å². The molecule has 0 saturated heterocycles. The minimum atomic E-state index is -0.285. The van der Waals surface area contributed by atoms with E-state index < -0.39 is 0 Å². The number of fused-ring (bicyclic) bond motifs is 2. The molecule has 2 aromatic rings. The van der Waals surface area contributed by atoms with E-state index in [1.807, 2.05) is 36.4 Å². The van der Waals surface area contributed by atoms with Crippen molar-refractivity contribution >= 4 is 17.3 Å². The zero-order chi connectivity index (χ0) is 21.8. The van der Waals surface area contributed by atoms with E-state index in [1.54, 1.807) is 0 Å². The van der Waals surface area contributed by atoms with Crippen LogP contribution < -0.4 is 0 Å². The lowest BCUT2D eigenvalue weighted by Crippen LogP contribution is -2.39. The van der Waals surface area contributed by atoms with Gasteiger partial charge in [-0.15, -0.1) is 0 Å². The molecule has 0 fully saturated rings. The molecular formula is C28H29NO2. The lowest BCUT2D eigenvalue weighted by atomic mass is 9.68. The molecule has 2 aromatic carbocycles. The SMILES string of the molecule is CCCCN1C2=C(C(=O)CC(C)(C)C2)[C@@H](c2ccccc2)C2=C1c1ccccc1C2=O. The predicted octanol–water partition coefficient (Wildman–Crippen LogP) is 6.14. The summed E-state index contributed by atoms with van der Waals surface area (Å²) >= 11 is 0. The van der Waals surface area contributed by atoms with Crippen LogP contribution in [0.25, 0.3) is 5.70 Å². The van der Waals surface area contributed by atoms with Gasteiger partial charge in [0.05, 0.1) is 5.70 Å². The molecule has 0 N–H and O–H groups in total. The maximum atomic E-state index is 13.7. The topological polar surface area (TPSA) is 37.4 Å². The monoisotopic (exact) mass is 411 g/mol. The summed E-state index contributed by atoms with van der Waals surface area (Å²) in [5, 5.41) is 0. The van der Waals surface area contributed by atoms with Crippen LogP contribution in [-0.4, -0.2) is 23.0 Å². The number of ketones is 2. The molecule has 3 aliphatic rings. The Balaban J connectivity index is 1.80. The average Bonchev–Trinajstić information content (AvgIpc) is 3.04. The Morgan fingerprint density at radius 1 is 0.903 bits per heavy atom. The highest BCUT2D eigenvalue weighted by molar-refractivity contribution is 6.23. The van der Waals surface area contributed by atoms with Gasteiger partial charge in [-0.3, -0.25) is 9.59 Å². The third-order valence-electron chi connectivity index (χ3n) is 6.86. The molecule has 1 aliphatic heterocycles. The molecule has 0 radical (unpaired) electrons. The highest BCUT2D eigenvalue weighted by Crippen LogP contribution is 2.55. The molecule has 0 amide bonds. The van der Waals surface area contributed by atoms with Crippen molar-refractivity contribution in [1.82, 2.24) is 4.90 Å². The van der Waals surface area contributed by atoms with E-state index in [-0.39, 0.29) is 22.9 Å². The van der Waals surface area contributed by atoms with Gasteiger partial charge < -0.3 is 4.90 Å². The van der Waals surface area contributed by atoms with Crippen LogP contribution in [0.4, 0.5) is 0 Å². The summed E-state index contributed by atoms with van der Waals surface area (Å²) in [6.45, 7) is 7.38. The van der Waals surface area contributed by atoms with E-state index in [1.165, 1.54) is 0 Å².